The molecule has 0 saturated carbocycles. The van der Waals surface area contributed by atoms with Gasteiger partial charge in [-0.2, -0.15) is 0 Å². The van der Waals surface area contributed by atoms with Crippen LogP contribution in [0.2, 0.25) is 0 Å². The Morgan fingerprint density at radius 1 is 1.04 bits per heavy atom. The van der Waals surface area contributed by atoms with E-state index in [0.29, 0.717) is 11.3 Å². The van der Waals surface area contributed by atoms with Gasteiger partial charge in [-0.15, -0.1) is 22.0 Å². The second-order valence-electron chi connectivity index (χ2n) is 5.65. The zero-order valence-electron chi connectivity index (χ0n) is 14.3. The lowest BCUT2D eigenvalue weighted by molar-refractivity contribution is 0.102. The third-order valence-electron chi connectivity index (χ3n) is 3.77. The van der Waals surface area contributed by atoms with Crippen molar-refractivity contribution in [2.75, 3.05) is 5.75 Å². The van der Waals surface area contributed by atoms with Crippen LogP contribution in [0.1, 0.15) is 21.7 Å². The van der Waals surface area contributed by atoms with E-state index >= 15 is 0 Å². The standard InChI is InChI=1S/C19H18BrN3OS2/c1-23-18(13-25-11-14-5-3-2-4-6-14)21-22-19(23)26-12-17(24)15-7-9-16(20)10-8-15/h2-10H,11-13H2,1H3. The van der Waals surface area contributed by atoms with Crippen LogP contribution in [0.25, 0.3) is 0 Å². The van der Waals surface area contributed by atoms with E-state index in [0.717, 1.165) is 27.0 Å². The van der Waals surface area contributed by atoms with Gasteiger partial charge in [0, 0.05) is 22.8 Å². The minimum Gasteiger partial charge on any atom is -0.308 e. The minimum atomic E-state index is 0.0884. The van der Waals surface area contributed by atoms with E-state index in [1.807, 2.05) is 41.9 Å². The minimum absolute atomic E-state index is 0.0884. The predicted octanol–water partition coefficient (Wildman–Crippen LogP) is 4.99. The molecule has 0 atom stereocenters. The van der Waals surface area contributed by atoms with Gasteiger partial charge in [0.05, 0.1) is 11.5 Å². The average molecular weight is 448 g/mol. The van der Waals surface area contributed by atoms with Crippen LogP contribution in [-0.4, -0.2) is 26.3 Å². The fourth-order valence-electron chi connectivity index (χ4n) is 2.28. The van der Waals surface area contributed by atoms with Crippen molar-refractivity contribution in [1.29, 1.82) is 0 Å². The molecule has 0 aliphatic rings. The van der Waals surface area contributed by atoms with Gasteiger partial charge in [-0.3, -0.25) is 4.79 Å². The molecule has 1 heterocycles. The highest BCUT2D eigenvalue weighted by molar-refractivity contribution is 9.10. The lowest BCUT2D eigenvalue weighted by atomic mass is 10.2. The first-order valence-corrected chi connectivity index (χ1v) is 11.0. The summed E-state index contributed by atoms with van der Waals surface area (Å²) in [6, 6.07) is 17.8. The Morgan fingerprint density at radius 2 is 1.77 bits per heavy atom. The van der Waals surface area contributed by atoms with Crippen LogP contribution in [0.15, 0.2) is 64.2 Å². The predicted molar refractivity (Wildman–Crippen MR) is 112 cm³/mol. The van der Waals surface area contributed by atoms with Crippen molar-refractivity contribution in [1.82, 2.24) is 14.8 Å². The second kappa shape index (κ2) is 9.39. The Hall–Kier alpha value is -1.57. The molecule has 3 rings (SSSR count). The van der Waals surface area contributed by atoms with Gasteiger partial charge in [0.1, 0.15) is 5.82 Å². The summed E-state index contributed by atoms with van der Waals surface area (Å²) in [6.45, 7) is 0. The largest absolute Gasteiger partial charge is 0.308 e. The molecule has 0 radical (unpaired) electrons. The maximum atomic E-state index is 12.3. The van der Waals surface area contributed by atoms with Gasteiger partial charge < -0.3 is 4.57 Å². The second-order valence-corrected chi connectivity index (χ2v) is 8.50. The first kappa shape index (κ1) is 19.2. The zero-order chi connectivity index (χ0) is 18.4. The Labute approximate surface area is 169 Å². The molecule has 7 heteroatoms. The molecule has 0 spiro atoms. The van der Waals surface area contributed by atoms with E-state index in [4.69, 9.17) is 0 Å². The topological polar surface area (TPSA) is 47.8 Å². The smallest absolute Gasteiger partial charge is 0.191 e. The van der Waals surface area contributed by atoms with Crippen LogP contribution >= 0.6 is 39.5 Å². The molecule has 0 aliphatic carbocycles. The van der Waals surface area contributed by atoms with Gasteiger partial charge in [-0.05, 0) is 17.7 Å². The van der Waals surface area contributed by atoms with Gasteiger partial charge in [0.25, 0.3) is 0 Å². The summed E-state index contributed by atoms with van der Waals surface area (Å²) in [4.78, 5) is 12.3. The van der Waals surface area contributed by atoms with Gasteiger partial charge in [-0.25, -0.2) is 0 Å². The molecular formula is C19H18BrN3OS2. The van der Waals surface area contributed by atoms with Gasteiger partial charge >= 0.3 is 0 Å². The number of hydrogen-bond donors (Lipinski definition) is 0. The molecule has 1 aromatic heterocycles. The lowest BCUT2D eigenvalue weighted by Gasteiger charge is -2.04. The molecule has 0 fully saturated rings. The Balaban J connectivity index is 1.52. The number of carbonyl (C=O) groups excluding carboxylic acids is 1. The average Bonchev–Trinajstić information content (AvgIpc) is 3.01. The van der Waals surface area contributed by atoms with Crippen molar-refractivity contribution in [3.63, 3.8) is 0 Å². The highest BCUT2D eigenvalue weighted by Crippen LogP contribution is 2.21. The van der Waals surface area contributed by atoms with Gasteiger partial charge in [0.15, 0.2) is 10.9 Å². The van der Waals surface area contributed by atoms with Crippen molar-refractivity contribution < 1.29 is 4.79 Å². The summed E-state index contributed by atoms with van der Waals surface area (Å²) >= 11 is 6.61. The molecule has 0 N–H and O–H groups in total. The number of thioether (sulfide) groups is 2. The summed E-state index contributed by atoms with van der Waals surface area (Å²) in [5.74, 6) is 3.10. The van der Waals surface area contributed by atoms with E-state index in [9.17, 15) is 4.79 Å². The fourth-order valence-corrected chi connectivity index (χ4v) is 4.33. The van der Waals surface area contributed by atoms with E-state index in [-0.39, 0.29) is 5.78 Å². The number of nitrogens with zero attached hydrogens (tertiary/aromatic N) is 3. The van der Waals surface area contributed by atoms with Crippen LogP contribution in [0, 0.1) is 0 Å². The molecule has 26 heavy (non-hydrogen) atoms. The fraction of sp³-hybridized carbons (Fsp3) is 0.211. The molecule has 3 aromatic rings. The van der Waals surface area contributed by atoms with Crippen LogP contribution in [-0.2, 0) is 18.6 Å². The third kappa shape index (κ3) is 5.22. The number of halogens is 1. The molecular weight excluding hydrogens is 430 g/mol. The summed E-state index contributed by atoms with van der Waals surface area (Å²) in [5, 5.41) is 9.26. The van der Waals surface area contributed by atoms with E-state index in [2.05, 4.69) is 50.4 Å². The number of ketones is 1. The van der Waals surface area contributed by atoms with Crippen molar-refractivity contribution in [3.05, 3.63) is 76.0 Å². The SMILES string of the molecule is Cn1c(CSCc2ccccc2)nnc1SCC(=O)c1ccc(Br)cc1. The van der Waals surface area contributed by atoms with Gasteiger partial charge in [-0.1, -0.05) is 70.2 Å². The number of Topliss-reactive ketones (excluding diaryl/α,β-unsaturated/α-hetero) is 1. The van der Waals surface area contributed by atoms with Crippen LogP contribution in [0.5, 0.6) is 0 Å². The third-order valence-corrected chi connectivity index (χ3v) is 6.32. The number of aromatic nitrogens is 3. The Kier molecular flexibility index (Phi) is 6.93. The van der Waals surface area contributed by atoms with Crippen molar-refractivity contribution in [3.8, 4) is 0 Å². The van der Waals surface area contributed by atoms with E-state index in [1.54, 1.807) is 11.8 Å². The molecule has 0 amide bonds. The quantitative estimate of drug-likeness (QED) is 0.359. The van der Waals surface area contributed by atoms with Gasteiger partial charge in [0.2, 0.25) is 0 Å². The number of benzene rings is 2. The number of rotatable bonds is 8. The van der Waals surface area contributed by atoms with E-state index in [1.165, 1.54) is 17.3 Å². The Bertz CT molecular complexity index is 866. The van der Waals surface area contributed by atoms with Crippen molar-refractivity contribution in [2.45, 2.75) is 16.7 Å². The monoisotopic (exact) mass is 447 g/mol. The molecule has 0 unspecified atom stereocenters. The number of carbonyl (C=O) groups is 1. The van der Waals surface area contributed by atoms with Crippen LogP contribution < -0.4 is 0 Å². The highest BCUT2D eigenvalue weighted by atomic mass is 79.9. The normalized spacial score (nSPS) is 10.8. The molecule has 0 saturated heterocycles. The number of hydrogen-bond acceptors (Lipinski definition) is 5. The summed E-state index contributed by atoms with van der Waals surface area (Å²) < 4.78 is 2.94. The molecule has 4 nitrogen and oxygen atoms in total. The maximum absolute atomic E-state index is 12.3. The van der Waals surface area contributed by atoms with Crippen LogP contribution in [0.3, 0.4) is 0 Å². The van der Waals surface area contributed by atoms with Crippen molar-refractivity contribution in [2.24, 2.45) is 7.05 Å². The molecule has 2 aromatic carbocycles. The summed E-state index contributed by atoms with van der Waals surface area (Å²) in [7, 11) is 1.95. The van der Waals surface area contributed by atoms with E-state index < -0.39 is 0 Å². The molecule has 0 aliphatic heterocycles. The lowest BCUT2D eigenvalue weighted by Crippen LogP contribution is -2.04. The molecule has 134 valence electrons. The van der Waals surface area contributed by atoms with Crippen LogP contribution in [0.4, 0.5) is 0 Å². The zero-order valence-corrected chi connectivity index (χ0v) is 17.5. The van der Waals surface area contributed by atoms with Crippen molar-refractivity contribution >= 4 is 45.2 Å². The summed E-state index contributed by atoms with van der Waals surface area (Å²) in [6.07, 6.45) is 0. The highest BCUT2D eigenvalue weighted by Gasteiger charge is 2.12. The first-order chi connectivity index (χ1) is 12.6. The molecule has 0 bridgehead atoms. The maximum Gasteiger partial charge on any atom is 0.191 e. The summed E-state index contributed by atoms with van der Waals surface area (Å²) in [5.41, 5.74) is 2.01. The first-order valence-electron chi connectivity index (χ1n) is 8.05. The Morgan fingerprint density at radius 3 is 2.50 bits per heavy atom.